The predicted octanol–water partition coefficient (Wildman–Crippen LogP) is 4.01. The highest BCUT2D eigenvalue weighted by molar-refractivity contribution is 5.88. The van der Waals surface area contributed by atoms with Gasteiger partial charge in [0.1, 0.15) is 11.9 Å². The lowest BCUT2D eigenvalue weighted by Gasteiger charge is -2.29. The molecule has 0 aromatic heterocycles. The van der Waals surface area contributed by atoms with Gasteiger partial charge in [-0.25, -0.2) is 4.39 Å². The van der Waals surface area contributed by atoms with Gasteiger partial charge in [0.15, 0.2) is 0 Å². The predicted molar refractivity (Wildman–Crippen MR) is 109 cm³/mol. The zero-order valence-electron chi connectivity index (χ0n) is 16.9. The van der Waals surface area contributed by atoms with Crippen molar-refractivity contribution in [3.8, 4) is 0 Å². The van der Waals surface area contributed by atoms with E-state index in [1.165, 1.54) is 11.0 Å². The van der Waals surface area contributed by atoms with Gasteiger partial charge in [0, 0.05) is 13.1 Å². The normalized spacial score (nSPS) is 11.7. The van der Waals surface area contributed by atoms with Crippen molar-refractivity contribution in [3.63, 3.8) is 0 Å². The van der Waals surface area contributed by atoms with Gasteiger partial charge < -0.3 is 10.2 Å². The van der Waals surface area contributed by atoms with Crippen molar-refractivity contribution < 1.29 is 14.0 Å². The fourth-order valence-corrected chi connectivity index (χ4v) is 3.03. The van der Waals surface area contributed by atoms with Crippen LogP contribution in [0, 0.1) is 12.7 Å². The number of carbonyl (C=O) groups is 2. The number of halogens is 1. The quantitative estimate of drug-likeness (QED) is 0.664. The van der Waals surface area contributed by atoms with Crippen LogP contribution in [0.4, 0.5) is 4.39 Å². The Morgan fingerprint density at radius 3 is 2.57 bits per heavy atom. The Morgan fingerprint density at radius 2 is 1.89 bits per heavy atom. The first-order valence-electron chi connectivity index (χ1n) is 9.78. The fourth-order valence-electron chi connectivity index (χ4n) is 3.03. The fraction of sp³-hybridized carbons (Fsp3) is 0.391. The summed E-state index contributed by atoms with van der Waals surface area (Å²) in [7, 11) is 0. The maximum absolute atomic E-state index is 14.0. The Morgan fingerprint density at radius 1 is 1.14 bits per heavy atom. The molecule has 2 aromatic rings. The molecular weight excluding hydrogens is 355 g/mol. The maximum atomic E-state index is 14.0. The summed E-state index contributed by atoms with van der Waals surface area (Å²) in [5, 5.41) is 2.88. The van der Waals surface area contributed by atoms with E-state index in [0.717, 1.165) is 24.0 Å². The summed E-state index contributed by atoms with van der Waals surface area (Å²) in [6, 6.07) is 13.4. The molecule has 1 atom stereocenters. The van der Waals surface area contributed by atoms with Crippen molar-refractivity contribution >= 4 is 11.8 Å². The van der Waals surface area contributed by atoms with Crippen LogP contribution in [0.3, 0.4) is 0 Å². The monoisotopic (exact) mass is 384 g/mol. The van der Waals surface area contributed by atoms with E-state index in [1.54, 1.807) is 25.1 Å². The Kier molecular flexibility index (Phi) is 8.18. The third-order valence-corrected chi connectivity index (χ3v) is 4.73. The van der Waals surface area contributed by atoms with E-state index in [2.05, 4.69) is 12.2 Å². The number of unbranched alkanes of at least 4 members (excludes halogenated alkanes) is 1. The molecule has 2 amide bonds. The molecule has 0 aliphatic heterocycles. The van der Waals surface area contributed by atoms with E-state index < -0.39 is 11.9 Å². The minimum absolute atomic E-state index is 0.0783. The van der Waals surface area contributed by atoms with E-state index in [-0.39, 0.29) is 18.2 Å². The standard InChI is InChI=1S/C23H29FN2O2/c1-4-5-13-25-23(28)18(3)26(16-19-10-8-9-17(2)14-19)22(27)15-20-11-6-7-12-21(20)24/h6-12,14,18H,4-5,13,15-16H2,1-3H3,(H,25,28). The smallest absolute Gasteiger partial charge is 0.242 e. The summed E-state index contributed by atoms with van der Waals surface area (Å²) in [6.07, 6.45) is 1.79. The second-order valence-electron chi connectivity index (χ2n) is 7.10. The summed E-state index contributed by atoms with van der Waals surface area (Å²) in [5.74, 6) is -0.876. The SMILES string of the molecule is CCCCNC(=O)C(C)N(Cc1cccc(C)c1)C(=O)Cc1ccccc1F. The number of nitrogens with one attached hydrogen (secondary N) is 1. The summed E-state index contributed by atoms with van der Waals surface area (Å²) in [6.45, 7) is 6.64. The molecule has 0 spiro atoms. The highest BCUT2D eigenvalue weighted by Gasteiger charge is 2.26. The van der Waals surface area contributed by atoms with Crippen molar-refractivity contribution in [2.75, 3.05) is 6.54 Å². The maximum Gasteiger partial charge on any atom is 0.242 e. The number of amides is 2. The van der Waals surface area contributed by atoms with Crippen molar-refractivity contribution in [1.29, 1.82) is 0 Å². The van der Waals surface area contributed by atoms with Crippen LogP contribution in [0.1, 0.15) is 43.4 Å². The first-order valence-corrected chi connectivity index (χ1v) is 9.78. The molecule has 2 rings (SSSR count). The van der Waals surface area contributed by atoms with Gasteiger partial charge in [0.25, 0.3) is 0 Å². The molecule has 0 radical (unpaired) electrons. The second kappa shape index (κ2) is 10.6. The molecule has 28 heavy (non-hydrogen) atoms. The second-order valence-corrected chi connectivity index (χ2v) is 7.10. The molecule has 0 aliphatic carbocycles. The number of benzene rings is 2. The van der Waals surface area contributed by atoms with Gasteiger partial charge in [0.05, 0.1) is 6.42 Å². The average Bonchev–Trinajstić information content (AvgIpc) is 2.67. The van der Waals surface area contributed by atoms with E-state index >= 15 is 0 Å². The molecule has 4 nitrogen and oxygen atoms in total. The average molecular weight is 384 g/mol. The van der Waals surface area contributed by atoms with Crippen LogP contribution >= 0.6 is 0 Å². The number of hydrogen-bond donors (Lipinski definition) is 1. The zero-order chi connectivity index (χ0) is 20.5. The van der Waals surface area contributed by atoms with Crippen LogP contribution in [0.25, 0.3) is 0 Å². The molecule has 0 saturated carbocycles. The zero-order valence-corrected chi connectivity index (χ0v) is 16.9. The van der Waals surface area contributed by atoms with Crippen LogP contribution in [-0.2, 0) is 22.6 Å². The van der Waals surface area contributed by atoms with Crippen LogP contribution in [0.2, 0.25) is 0 Å². The lowest BCUT2D eigenvalue weighted by Crippen LogP contribution is -2.48. The molecule has 1 N–H and O–H groups in total. The molecule has 0 bridgehead atoms. The molecule has 0 aliphatic rings. The summed E-state index contributed by atoms with van der Waals surface area (Å²) in [5.41, 5.74) is 2.36. The molecule has 2 aromatic carbocycles. The van der Waals surface area contributed by atoms with Gasteiger partial charge in [-0.2, -0.15) is 0 Å². The minimum Gasteiger partial charge on any atom is -0.354 e. The highest BCUT2D eigenvalue weighted by Crippen LogP contribution is 2.15. The van der Waals surface area contributed by atoms with Crippen molar-refractivity contribution in [1.82, 2.24) is 10.2 Å². The number of carbonyl (C=O) groups excluding carboxylic acids is 2. The Hall–Kier alpha value is -2.69. The van der Waals surface area contributed by atoms with Crippen LogP contribution in [0.15, 0.2) is 48.5 Å². The largest absolute Gasteiger partial charge is 0.354 e. The molecule has 0 heterocycles. The molecule has 150 valence electrons. The van der Waals surface area contributed by atoms with Gasteiger partial charge in [-0.15, -0.1) is 0 Å². The van der Waals surface area contributed by atoms with Gasteiger partial charge in [-0.1, -0.05) is 61.4 Å². The van der Waals surface area contributed by atoms with E-state index in [4.69, 9.17) is 0 Å². The summed E-state index contributed by atoms with van der Waals surface area (Å²) >= 11 is 0. The molecule has 1 unspecified atom stereocenters. The lowest BCUT2D eigenvalue weighted by atomic mass is 10.1. The molecule has 5 heteroatoms. The van der Waals surface area contributed by atoms with Crippen LogP contribution in [-0.4, -0.2) is 29.3 Å². The van der Waals surface area contributed by atoms with Crippen molar-refractivity contribution in [3.05, 3.63) is 71.0 Å². The van der Waals surface area contributed by atoms with E-state index in [1.807, 2.05) is 31.2 Å². The third kappa shape index (κ3) is 6.19. The van der Waals surface area contributed by atoms with Gasteiger partial charge >= 0.3 is 0 Å². The Labute approximate surface area is 166 Å². The van der Waals surface area contributed by atoms with Gasteiger partial charge in [-0.05, 0) is 37.5 Å². The first kappa shape index (κ1) is 21.6. The topological polar surface area (TPSA) is 49.4 Å². The summed E-state index contributed by atoms with van der Waals surface area (Å²) in [4.78, 5) is 27.1. The van der Waals surface area contributed by atoms with E-state index in [0.29, 0.717) is 18.7 Å². The first-order chi connectivity index (χ1) is 13.4. The number of nitrogens with zero attached hydrogens (tertiary/aromatic N) is 1. The van der Waals surface area contributed by atoms with Crippen molar-refractivity contribution in [2.45, 2.75) is 52.6 Å². The highest BCUT2D eigenvalue weighted by atomic mass is 19.1. The van der Waals surface area contributed by atoms with E-state index in [9.17, 15) is 14.0 Å². The van der Waals surface area contributed by atoms with Crippen LogP contribution in [0.5, 0.6) is 0 Å². The Balaban J connectivity index is 2.20. The summed E-state index contributed by atoms with van der Waals surface area (Å²) < 4.78 is 14.0. The molecule has 0 saturated heterocycles. The van der Waals surface area contributed by atoms with Gasteiger partial charge in [0.2, 0.25) is 11.8 Å². The number of rotatable bonds is 9. The van der Waals surface area contributed by atoms with Crippen LogP contribution < -0.4 is 5.32 Å². The molecule has 0 fully saturated rings. The Bertz CT molecular complexity index is 807. The van der Waals surface area contributed by atoms with Crippen molar-refractivity contribution in [2.24, 2.45) is 0 Å². The molecular formula is C23H29FN2O2. The van der Waals surface area contributed by atoms with Gasteiger partial charge in [-0.3, -0.25) is 9.59 Å². The number of hydrogen-bond acceptors (Lipinski definition) is 2. The lowest BCUT2D eigenvalue weighted by molar-refractivity contribution is -0.140. The third-order valence-electron chi connectivity index (χ3n) is 4.73. The number of aryl methyl sites for hydroxylation is 1. The minimum atomic E-state index is -0.642.